The zero-order valence-electron chi connectivity index (χ0n) is 12.1. The number of hydrogen-bond acceptors (Lipinski definition) is 3. The fourth-order valence-corrected chi connectivity index (χ4v) is 3.67. The van der Waals surface area contributed by atoms with Crippen LogP contribution < -0.4 is 0 Å². The molecular weight excluding hydrogens is 333 g/mol. The number of sulfonamides is 1. The minimum Gasteiger partial charge on any atom is -0.337 e. The molecule has 1 fully saturated rings. The molecule has 23 heavy (non-hydrogen) atoms. The van der Waals surface area contributed by atoms with Gasteiger partial charge in [-0.05, 0) is 30.3 Å². The van der Waals surface area contributed by atoms with E-state index in [0.717, 1.165) is 34.6 Å². The van der Waals surface area contributed by atoms with Gasteiger partial charge in [0.25, 0.3) is 0 Å². The molecule has 1 amide bonds. The number of carbonyl (C=O) groups excluding carboxylic acids is 1. The molecule has 0 saturated carbocycles. The van der Waals surface area contributed by atoms with Crippen molar-refractivity contribution < 1.29 is 26.4 Å². The Labute approximate surface area is 132 Å². The molecule has 0 spiro atoms. The molecule has 0 radical (unpaired) electrons. The van der Waals surface area contributed by atoms with E-state index in [9.17, 15) is 26.4 Å². The van der Waals surface area contributed by atoms with Crippen molar-refractivity contribution in [2.45, 2.75) is 11.1 Å². The third-order valence-electron chi connectivity index (χ3n) is 3.54. The van der Waals surface area contributed by atoms with Crippen LogP contribution >= 0.6 is 0 Å². The first-order chi connectivity index (χ1) is 10.7. The highest BCUT2D eigenvalue weighted by atomic mass is 32.2. The molecule has 1 aromatic rings. The molecule has 5 nitrogen and oxygen atoms in total. The summed E-state index contributed by atoms with van der Waals surface area (Å²) in [5.74, 6) is -0.281. The van der Waals surface area contributed by atoms with Crippen molar-refractivity contribution in [3.05, 3.63) is 42.5 Å². The smallest absolute Gasteiger partial charge is 0.337 e. The fourth-order valence-electron chi connectivity index (χ4n) is 2.24. The maximum atomic E-state index is 12.5. The largest absolute Gasteiger partial charge is 0.416 e. The van der Waals surface area contributed by atoms with Gasteiger partial charge in [0.15, 0.2) is 0 Å². The summed E-state index contributed by atoms with van der Waals surface area (Å²) in [7, 11) is -3.88. The van der Waals surface area contributed by atoms with Crippen molar-refractivity contribution >= 4 is 15.9 Å². The van der Waals surface area contributed by atoms with E-state index in [-0.39, 0.29) is 37.0 Å². The van der Waals surface area contributed by atoms with Crippen LogP contribution in [0.5, 0.6) is 0 Å². The van der Waals surface area contributed by atoms with E-state index >= 15 is 0 Å². The Kier molecular flexibility index (Phi) is 4.81. The summed E-state index contributed by atoms with van der Waals surface area (Å²) in [4.78, 5) is 12.7. The normalized spacial score (nSPS) is 17.1. The number of hydrogen-bond donors (Lipinski definition) is 0. The molecule has 9 heteroatoms. The number of benzene rings is 1. The number of rotatable bonds is 3. The third-order valence-corrected chi connectivity index (χ3v) is 5.46. The number of halogens is 3. The molecule has 1 saturated heterocycles. The lowest BCUT2D eigenvalue weighted by Gasteiger charge is -2.33. The van der Waals surface area contributed by atoms with Crippen molar-refractivity contribution in [2.75, 3.05) is 26.2 Å². The van der Waals surface area contributed by atoms with E-state index in [2.05, 4.69) is 6.58 Å². The number of amides is 1. The van der Waals surface area contributed by atoms with Gasteiger partial charge in [-0.15, -0.1) is 0 Å². The summed E-state index contributed by atoms with van der Waals surface area (Å²) in [5, 5.41) is 0. The van der Waals surface area contributed by atoms with E-state index in [1.165, 1.54) is 4.90 Å². The molecule has 1 aromatic carbocycles. The first-order valence-electron chi connectivity index (χ1n) is 6.75. The van der Waals surface area contributed by atoms with Crippen molar-refractivity contribution in [1.82, 2.24) is 9.21 Å². The molecule has 1 heterocycles. The van der Waals surface area contributed by atoms with Crippen LogP contribution in [0.25, 0.3) is 0 Å². The third kappa shape index (κ3) is 3.73. The van der Waals surface area contributed by atoms with Crippen molar-refractivity contribution in [2.24, 2.45) is 0 Å². The van der Waals surface area contributed by atoms with Gasteiger partial charge in [-0.1, -0.05) is 6.58 Å². The Morgan fingerprint density at radius 2 is 1.61 bits per heavy atom. The van der Waals surface area contributed by atoms with Crippen molar-refractivity contribution in [3.63, 3.8) is 0 Å². The molecule has 0 aromatic heterocycles. The van der Waals surface area contributed by atoms with E-state index < -0.39 is 21.8 Å². The van der Waals surface area contributed by atoms with Gasteiger partial charge in [-0.25, -0.2) is 8.42 Å². The molecule has 1 aliphatic heterocycles. The van der Waals surface area contributed by atoms with Gasteiger partial charge in [0, 0.05) is 26.2 Å². The van der Waals surface area contributed by atoms with Gasteiger partial charge >= 0.3 is 6.18 Å². The minimum atomic E-state index is -4.51. The van der Waals surface area contributed by atoms with Crippen LogP contribution in [0.1, 0.15) is 5.56 Å². The molecule has 0 bridgehead atoms. The predicted molar refractivity (Wildman–Crippen MR) is 77.0 cm³/mol. The summed E-state index contributed by atoms with van der Waals surface area (Å²) in [6.07, 6.45) is -3.36. The average Bonchev–Trinajstić information content (AvgIpc) is 2.53. The predicted octanol–water partition coefficient (Wildman–Crippen LogP) is 1.72. The van der Waals surface area contributed by atoms with Gasteiger partial charge in [0.2, 0.25) is 15.9 Å². The molecule has 0 unspecified atom stereocenters. The van der Waals surface area contributed by atoms with Crippen LogP contribution in [0.4, 0.5) is 13.2 Å². The molecule has 2 rings (SSSR count). The van der Waals surface area contributed by atoms with Crippen molar-refractivity contribution in [3.8, 4) is 0 Å². The Balaban J connectivity index is 2.14. The Hall–Kier alpha value is -1.87. The number of nitrogens with zero attached hydrogens (tertiary/aromatic N) is 2. The standard InChI is InChI=1S/C14H15F3N2O3S/c1-2-13(20)18-7-9-19(10-8-18)23(21,22)12-5-3-11(4-6-12)14(15,16)17/h2-6H,1,7-10H2. The highest BCUT2D eigenvalue weighted by Gasteiger charge is 2.32. The van der Waals surface area contributed by atoms with Gasteiger partial charge < -0.3 is 4.90 Å². The number of carbonyl (C=O) groups is 1. The Bertz CT molecular complexity index is 691. The lowest BCUT2D eigenvalue weighted by molar-refractivity contribution is -0.137. The summed E-state index contributed by atoms with van der Waals surface area (Å²) in [6, 6.07) is 3.37. The number of alkyl halides is 3. The maximum Gasteiger partial charge on any atom is 0.416 e. The second-order valence-corrected chi connectivity index (χ2v) is 6.89. The monoisotopic (exact) mass is 348 g/mol. The zero-order chi connectivity index (χ0) is 17.3. The van der Waals surface area contributed by atoms with Gasteiger partial charge in [-0.2, -0.15) is 17.5 Å². The molecule has 0 atom stereocenters. The lowest BCUT2D eigenvalue weighted by Crippen LogP contribution is -2.50. The van der Waals surface area contributed by atoms with E-state index in [0.29, 0.717) is 0 Å². The fraction of sp³-hybridized carbons (Fsp3) is 0.357. The van der Waals surface area contributed by atoms with Crippen molar-refractivity contribution in [1.29, 1.82) is 0 Å². The lowest BCUT2D eigenvalue weighted by atomic mass is 10.2. The van der Waals surface area contributed by atoms with E-state index in [4.69, 9.17) is 0 Å². The Morgan fingerprint density at radius 1 is 1.09 bits per heavy atom. The van der Waals surface area contributed by atoms with Crippen LogP contribution in [-0.2, 0) is 21.0 Å². The summed E-state index contributed by atoms with van der Waals surface area (Å²) in [6.45, 7) is 3.96. The average molecular weight is 348 g/mol. The molecule has 0 aliphatic carbocycles. The van der Waals surface area contributed by atoms with Gasteiger partial charge in [0.1, 0.15) is 0 Å². The SMILES string of the molecule is C=CC(=O)N1CCN(S(=O)(=O)c2ccc(C(F)(F)F)cc2)CC1. The highest BCUT2D eigenvalue weighted by Crippen LogP contribution is 2.30. The van der Waals surface area contributed by atoms with Gasteiger partial charge in [-0.3, -0.25) is 4.79 Å². The van der Waals surface area contributed by atoms with E-state index in [1.807, 2.05) is 0 Å². The zero-order valence-corrected chi connectivity index (χ0v) is 12.9. The minimum absolute atomic E-state index is 0.0862. The first-order valence-corrected chi connectivity index (χ1v) is 8.19. The van der Waals surface area contributed by atoms with Crippen LogP contribution in [-0.4, -0.2) is 49.7 Å². The molecular formula is C14H15F3N2O3S. The molecule has 1 aliphatic rings. The van der Waals surface area contributed by atoms with E-state index in [1.54, 1.807) is 0 Å². The van der Waals surface area contributed by atoms with Gasteiger partial charge in [0.05, 0.1) is 10.5 Å². The number of piperazine rings is 1. The maximum absolute atomic E-state index is 12.5. The quantitative estimate of drug-likeness (QED) is 0.782. The first kappa shape index (κ1) is 17.5. The second kappa shape index (κ2) is 6.32. The van der Waals surface area contributed by atoms with Crippen LogP contribution in [0, 0.1) is 0 Å². The summed E-state index contributed by atoms with van der Waals surface area (Å²) < 4.78 is 63.5. The van der Waals surface area contributed by atoms with Crippen LogP contribution in [0.3, 0.4) is 0 Å². The summed E-state index contributed by atoms with van der Waals surface area (Å²) in [5.41, 5.74) is -0.905. The van der Waals surface area contributed by atoms with Crippen LogP contribution in [0.2, 0.25) is 0 Å². The second-order valence-electron chi connectivity index (χ2n) is 4.96. The Morgan fingerprint density at radius 3 is 2.04 bits per heavy atom. The summed E-state index contributed by atoms with van der Waals surface area (Å²) >= 11 is 0. The molecule has 126 valence electrons. The molecule has 0 N–H and O–H groups in total. The highest BCUT2D eigenvalue weighted by molar-refractivity contribution is 7.89. The van der Waals surface area contributed by atoms with Crippen LogP contribution in [0.15, 0.2) is 41.8 Å². The topological polar surface area (TPSA) is 57.7 Å².